The predicted molar refractivity (Wildman–Crippen MR) is 113 cm³/mol. The molecule has 1 aliphatic rings. The number of fused-ring (bicyclic) bond motifs is 1. The van der Waals surface area contributed by atoms with Crippen molar-refractivity contribution in [1.82, 2.24) is 14.7 Å². The number of hydrogen-bond acceptors (Lipinski definition) is 2. The Hall–Kier alpha value is -2.85. The van der Waals surface area contributed by atoms with Gasteiger partial charge in [-0.05, 0) is 42.0 Å². The molecule has 0 bridgehead atoms. The first-order chi connectivity index (χ1) is 13.5. The molecule has 2 heterocycles. The number of halogens is 1. The van der Waals surface area contributed by atoms with Crippen LogP contribution in [0.1, 0.15) is 40.7 Å². The van der Waals surface area contributed by atoms with Crippen molar-refractivity contribution in [2.45, 2.75) is 26.8 Å². The predicted octanol–water partition coefficient (Wildman–Crippen LogP) is 5.21. The largest absolute Gasteiger partial charge is 0.347 e. The quantitative estimate of drug-likeness (QED) is 0.663. The van der Waals surface area contributed by atoms with E-state index in [0.29, 0.717) is 34.5 Å². The van der Waals surface area contributed by atoms with Crippen LogP contribution in [0, 0.1) is 12.8 Å². The molecule has 142 valence electrons. The van der Waals surface area contributed by atoms with Crippen molar-refractivity contribution in [2.24, 2.45) is 5.92 Å². The van der Waals surface area contributed by atoms with Crippen LogP contribution in [-0.2, 0) is 6.54 Å². The number of carbonyl (C=O) groups is 1. The molecular weight excluding hydrogens is 370 g/mol. The smallest absolute Gasteiger partial charge is 0.270 e. The molecule has 3 aromatic rings. The van der Waals surface area contributed by atoms with Crippen molar-refractivity contribution >= 4 is 28.7 Å². The minimum atomic E-state index is -0.148. The SMILES string of the molecule is Cc1nc2cc(Cl)ccn2c1C(=O)NCc1ccc(C2=CC=CCC2C)cc1. The van der Waals surface area contributed by atoms with E-state index in [1.165, 1.54) is 11.1 Å². The summed E-state index contributed by atoms with van der Waals surface area (Å²) in [5, 5.41) is 3.60. The lowest BCUT2D eigenvalue weighted by atomic mass is 9.88. The Morgan fingerprint density at radius 2 is 2.07 bits per heavy atom. The number of pyridine rings is 1. The highest BCUT2D eigenvalue weighted by molar-refractivity contribution is 6.30. The van der Waals surface area contributed by atoms with E-state index in [1.807, 2.05) is 6.92 Å². The summed E-state index contributed by atoms with van der Waals surface area (Å²) in [7, 11) is 0. The summed E-state index contributed by atoms with van der Waals surface area (Å²) in [4.78, 5) is 17.2. The van der Waals surface area contributed by atoms with Crippen LogP contribution in [-0.4, -0.2) is 15.3 Å². The molecule has 0 saturated heterocycles. The number of aromatic nitrogens is 2. The van der Waals surface area contributed by atoms with Gasteiger partial charge in [0.2, 0.25) is 0 Å². The third-order valence-corrected chi connectivity index (χ3v) is 5.39. The molecule has 0 fully saturated rings. The summed E-state index contributed by atoms with van der Waals surface area (Å²) < 4.78 is 1.77. The molecule has 1 amide bonds. The normalized spacial score (nSPS) is 16.2. The Morgan fingerprint density at radius 1 is 1.29 bits per heavy atom. The maximum atomic E-state index is 12.7. The van der Waals surface area contributed by atoms with Crippen LogP contribution >= 0.6 is 11.6 Å². The third kappa shape index (κ3) is 3.60. The van der Waals surface area contributed by atoms with Crippen LogP contribution in [0.3, 0.4) is 0 Å². The van der Waals surface area contributed by atoms with E-state index < -0.39 is 0 Å². The standard InChI is InChI=1S/C23H22ClN3O/c1-15-5-3-4-6-20(15)18-9-7-17(8-10-18)14-25-23(28)22-16(2)26-21-13-19(24)11-12-27(21)22/h3-4,6-13,15H,5,14H2,1-2H3,(H,25,28). The lowest BCUT2D eigenvalue weighted by Gasteiger charge is -2.17. The lowest BCUT2D eigenvalue weighted by molar-refractivity contribution is 0.0944. The molecule has 0 aliphatic heterocycles. The molecule has 2 aromatic heterocycles. The number of carbonyl (C=O) groups excluding carboxylic acids is 1. The number of benzene rings is 1. The molecule has 4 rings (SSSR count). The zero-order chi connectivity index (χ0) is 19.7. The minimum absolute atomic E-state index is 0.148. The highest BCUT2D eigenvalue weighted by Crippen LogP contribution is 2.29. The second kappa shape index (κ2) is 7.64. The Balaban J connectivity index is 1.48. The Morgan fingerprint density at radius 3 is 2.82 bits per heavy atom. The van der Waals surface area contributed by atoms with E-state index in [-0.39, 0.29) is 5.91 Å². The Kier molecular flexibility index (Phi) is 5.05. The number of nitrogens with one attached hydrogen (secondary N) is 1. The van der Waals surface area contributed by atoms with Gasteiger partial charge in [-0.15, -0.1) is 0 Å². The number of aryl methyl sites for hydroxylation is 1. The van der Waals surface area contributed by atoms with Crippen LogP contribution in [0.2, 0.25) is 5.02 Å². The van der Waals surface area contributed by atoms with Gasteiger partial charge in [-0.1, -0.05) is 61.0 Å². The molecule has 1 unspecified atom stereocenters. The molecule has 0 spiro atoms. The van der Waals surface area contributed by atoms with Gasteiger partial charge in [0.25, 0.3) is 5.91 Å². The highest BCUT2D eigenvalue weighted by atomic mass is 35.5. The van der Waals surface area contributed by atoms with Gasteiger partial charge in [0, 0.05) is 23.8 Å². The van der Waals surface area contributed by atoms with Gasteiger partial charge in [0.05, 0.1) is 5.69 Å². The van der Waals surface area contributed by atoms with Crippen LogP contribution < -0.4 is 5.32 Å². The minimum Gasteiger partial charge on any atom is -0.347 e. The van der Waals surface area contributed by atoms with E-state index >= 15 is 0 Å². The van der Waals surface area contributed by atoms with Gasteiger partial charge in [-0.2, -0.15) is 0 Å². The first-order valence-corrected chi connectivity index (χ1v) is 9.79. The molecule has 28 heavy (non-hydrogen) atoms. The van der Waals surface area contributed by atoms with Crippen molar-refractivity contribution in [1.29, 1.82) is 0 Å². The first-order valence-electron chi connectivity index (χ1n) is 9.41. The van der Waals surface area contributed by atoms with Crippen molar-refractivity contribution in [3.8, 4) is 0 Å². The van der Waals surface area contributed by atoms with Crippen molar-refractivity contribution in [3.05, 3.63) is 88.4 Å². The van der Waals surface area contributed by atoms with Gasteiger partial charge in [0.1, 0.15) is 11.3 Å². The van der Waals surface area contributed by atoms with Crippen LogP contribution in [0.4, 0.5) is 0 Å². The first kappa shape index (κ1) is 18.5. The number of allylic oxidation sites excluding steroid dienone is 4. The topological polar surface area (TPSA) is 46.4 Å². The number of rotatable bonds is 4. The molecule has 1 aliphatic carbocycles. The molecule has 0 radical (unpaired) electrons. The summed E-state index contributed by atoms with van der Waals surface area (Å²) in [6.45, 7) is 4.54. The van der Waals surface area contributed by atoms with Crippen molar-refractivity contribution in [3.63, 3.8) is 0 Å². The van der Waals surface area contributed by atoms with Gasteiger partial charge < -0.3 is 5.32 Å². The third-order valence-electron chi connectivity index (χ3n) is 5.15. The maximum Gasteiger partial charge on any atom is 0.270 e. The molecule has 4 nitrogen and oxygen atoms in total. The van der Waals surface area contributed by atoms with Crippen molar-refractivity contribution < 1.29 is 4.79 Å². The zero-order valence-electron chi connectivity index (χ0n) is 15.9. The average Bonchev–Trinajstić information content (AvgIpc) is 3.02. The molecular formula is C23H22ClN3O. The summed E-state index contributed by atoms with van der Waals surface area (Å²) in [6.07, 6.45) is 9.36. The molecule has 1 aromatic carbocycles. The fourth-order valence-electron chi connectivity index (χ4n) is 3.62. The lowest BCUT2D eigenvalue weighted by Crippen LogP contribution is -2.25. The molecule has 1 N–H and O–H groups in total. The second-order valence-corrected chi connectivity index (χ2v) is 7.62. The summed E-state index contributed by atoms with van der Waals surface area (Å²) >= 11 is 6.02. The molecule has 5 heteroatoms. The van der Waals surface area contributed by atoms with Crippen LogP contribution in [0.15, 0.2) is 60.8 Å². The molecule has 0 saturated carbocycles. The Labute approximate surface area is 169 Å². The highest BCUT2D eigenvalue weighted by Gasteiger charge is 2.17. The van der Waals surface area contributed by atoms with E-state index in [1.54, 1.807) is 22.7 Å². The summed E-state index contributed by atoms with van der Waals surface area (Å²) in [5.41, 5.74) is 5.55. The molecule has 1 atom stereocenters. The summed E-state index contributed by atoms with van der Waals surface area (Å²) in [5.74, 6) is 0.382. The van der Waals surface area contributed by atoms with Gasteiger partial charge in [-0.25, -0.2) is 4.98 Å². The number of amides is 1. The van der Waals surface area contributed by atoms with Crippen LogP contribution in [0.25, 0.3) is 11.2 Å². The van der Waals surface area contributed by atoms with Gasteiger partial charge >= 0.3 is 0 Å². The fourth-order valence-corrected chi connectivity index (χ4v) is 3.77. The fraction of sp³-hybridized carbons (Fsp3) is 0.217. The van der Waals surface area contributed by atoms with E-state index in [4.69, 9.17) is 11.6 Å². The summed E-state index contributed by atoms with van der Waals surface area (Å²) in [6, 6.07) is 11.9. The average molecular weight is 392 g/mol. The van der Waals surface area contributed by atoms with E-state index in [0.717, 1.165) is 12.0 Å². The van der Waals surface area contributed by atoms with Gasteiger partial charge in [0.15, 0.2) is 0 Å². The number of imidazole rings is 1. The maximum absolute atomic E-state index is 12.7. The van der Waals surface area contributed by atoms with E-state index in [2.05, 4.69) is 59.7 Å². The second-order valence-electron chi connectivity index (χ2n) is 7.19. The van der Waals surface area contributed by atoms with Gasteiger partial charge in [-0.3, -0.25) is 9.20 Å². The van der Waals surface area contributed by atoms with E-state index in [9.17, 15) is 4.79 Å². The monoisotopic (exact) mass is 391 g/mol. The van der Waals surface area contributed by atoms with Crippen molar-refractivity contribution in [2.75, 3.05) is 0 Å². The Bertz CT molecular complexity index is 1090. The number of nitrogens with zero attached hydrogens (tertiary/aromatic N) is 2. The number of hydrogen-bond donors (Lipinski definition) is 1. The van der Waals surface area contributed by atoms with Crippen LogP contribution in [0.5, 0.6) is 0 Å². The zero-order valence-corrected chi connectivity index (χ0v) is 16.7.